The van der Waals surface area contributed by atoms with Crippen molar-refractivity contribution in [2.75, 3.05) is 13.2 Å². The van der Waals surface area contributed by atoms with Crippen LogP contribution < -0.4 is 11.1 Å². The number of carboxylic acid groups (broad SMARTS) is 1. The van der Waals surface area contributed by atoms with Crippen LogP contribution >= 0.6 is 0 Å². The highest BCUT2D eigenvalue weighted by molar-refractivity contribution is 5.90. The van der Waals surface area contributed by atoms with Gasteiger partial charge in [-0.3, -0.25) is 4.79 Å². The zero-order chi connectivity index (χ0) is 12.3. The first-order valence-electron chi connectivity index (χ1n) is 4.95. The van der Waals surface area contributed by atoms with E-state index in [1.54, 1.807) is 0 Å². The number of ether oxygens (including phenoxy) is 1. The monoisotopic (exact) mass is 232 g/mol. The van der Waals surface area contributed by atoms with Gasteiger partial charge >= 0.3 is 5.97 Å². The van der Waals surface area contributed by atoms with Crippen molar-refractivity contribution in [3.63, 3.8) is 0 Å². The molecule has 0 saturated carbocycles. The van der Waals surface area contributed by atoms with Gasteiger partial charge in [-0.15, -0.1) is 0 Å². The molecule has 1 fully saturated rings. The summed E-state index contributed by atoms with van der Waals surface area (Å²) in [6, 6.07) is -1.35. The van der Waals surface area contributed by atoms with E-state index >= 15 is 0 Å². The number of amides is 1. The number of carbonyl (C=O) groups excluding carboxylic acids is 1. The zero-order valence-corrected chi connectivity index (χ0v) is 8.97. The van der Waals surface area contributed by atoms with E-state index in [2.05, 4.69) is 5.32 Å². The van der Waals surface area contributed by atoms with Crippen LogP contribution in [0.15, 0.2) is 0 Å². The van der Waals surface area contributed by atoms with Crippen molar-refractivity contribution >= 4 is 11.9 Å². The molecule has 1 aliphatic heterocycles. The van der Waals surface area contributed by atoms with Crippen LogP contribution in [0.2, 0.25) is 0 Å². The SMILES string of the molecule is CC(O)C(NC(=O)C1(N)CCOC1)C(=O)O. The van der Waals surface area contributed by atoms with E-state index in [-0.39, 0.29) is 6.61 Å². The number of hydrogen-bond donors (Lipinski definition) is 4. The second-order valence-corrected chi connectivity index (χ2v) is 3.99. The number of aliphatic hydroxyl groups excluding tert-OH is 1. The number of aliphatic hydroxyl groups is 1. The topological polar surface area (TPSA) is 122 Å². The summed E-state index contributed by atoms with van der Waals surface area (Å²) in [5.41, 5.74) is 4.55. The van der Waals surface area contributed by atoms with Crippen molar-refractivity contribution < 1.29 is 24.5 Å². The summed E-state index contributed by atoms with van der Waals surface area (Å²) in [6.07, 6.45) is -0.849. The number of rotatable bonds is 4. The predicted octanol–water partition coefficient (Wildman–Crippen LogP) is -1.95. The van der Waals surface area contributed by atoms with E-state index in [9.17, 15) is 14.7 Å². The molecular weight excluding hydrogens is 216 g/mol. The van der Waals surface area contributed by atoms with Gasteiger partial charge in [0.1, 0.15) is 5.54 Å². The molecule has 92 valence electrons. The Bertz CT molecular complexity index is 286. The third-order valence-corrected chi connectivity index (χ3v) is 2.54. The van der Waals surface area contributed by atoms with Crippen LogP contribution in [-0.4, -0.2) is 53.0 Å². The molecule has 1 amide bonds. The van der Waals surface area contributed by atoms with Gasteiger partial charge in [-0.05, 0) is 13.3 Å². The van der Waals surface area contributed by atoms with Crippen LogP contribution in [0.5, 0.6) is 0 Å². The molecular formula is C9H16N2O5. The average Bonchev–Trinajstić information content (AvgIpc) is 2.61. The lowest BCUT2D eigenvalue weighted by atomic mass is 9.98. The lowest BCUT2D eigenvalue weighted by Crippen LogP contribution is -2.60. The number of aliphatic carboxylic acids is 1. The predicted molar refractivity (Wildman–Crippen MR) is 53.6 cm³/mol. The van der Waals surface area contributed by atoms with Crippen LogP contribution in [0.1, 0.15) is 13.3 Å². The van der Waals surface area contributed by atoms with E-state index < -0.39 is 29.6 Å². The molecule has 16 heavy (non-hydrogen) atoms. The number of carboxylic acids is 1. The highest BCUT2D eigenvalue weighted by atomic mass is 16.5. The largest absolute Gasteiger partial charge is 0.480 e. The van der Waals surface area contributed by atoms with Gasteiger partial charge in [-0.2, -0.15) is 0 Å². The molecule has 0 bridgehead atoms. The molecule has 7 nitrogen and oxygen atoms in total. The van der Waals surface area contributed by atoms with Crippen LogP contribution in [0.3, 0.4) is 0 Å². The summed E-state index contributed by atoms with van der Waals surface area (Å²) < 4.78 is 4.99. The first-order valence-corrected chi connectivity index (χ1v) is 4.95. The standard InChI is InChI=1S/C9H16N2O5/c1-5(12)6(7(13)14)11-8(15)9(10)2-3-16-4-9/h5-6,12H,2-4,10H2,1H3,(H,11,15)(H,13,14). The molecule has 0 aromatic carbocycles. The molecule has 1 rings (SSSR count). The van der Waals surface area contributed by atoms with Gasteiger partial charge < -0.3 is 26.0 Å². The number of carbonyl (C=O) groups is 2. The average molecular weight is 232 g/mol. The van der Waals surface area contributed by atoms with Gasteiger partial charge in [-0.1, -0.05) is 0 Å². The van der Waals surface area contributed by atoms with E-state index in [4.69, 9.17) is 15.6 Å². The highest BCUT2D eigenvalue weighted by Crippen LogP contribution is 2.15. The first kappa shape index (κ1) is 12.9. The Hall–Kier alpha value is -1.18. The molecule has 0 aliphatic carbocycles. The molecule has 3 atom stereocenters. The molecule has 1 heterocycles. The first-order chi connectivity index (χ1) is 7.37. The third-order valence-electron chi connectivity index (χ3n) is 2.54. The molecule has 3 unspecified atom stereocenters. The maximum Gasteiger partial charge on any atom is 0.328 e. The number of nitrogens with two attached hydrogens (primary N) is 1. The van der Waals surface area contributed by atoms with Gasteiger partial charge in [0.25, 0.3) is 0 Å². The minimum atomic E-state index is -1.35. The van der Waals surface area contributed by atoms with Gasteiger partial charge in [-0.25, -0.2) is 4.79 Å². The zero-order valence-electron chi connectivity index (χ0n) is 8.97. The number of hydrogen-bond acceptors (Lipinski definition) is 5. The van der Waals surface area contributed by atoms with Crippen molar-refractivity contribution in [2.24, 2.45) is 5.73 Å². The lowest BCUT2D eigenvalue weighted by molar-refractivity contribution is -0.145. The Labute approximate surface area is 92.6 Å². The fourth-order valence-electron chi connectivity index (χ4n) is 1.43. The summed E-state index contributed by atoms with van der Waals surface area (Å²) in [5, 5.41) is 20.2. The van der Waals surface area contributed by atoms with Crippen LogP contribution in [-0.2, 0) is 14.3 Å². The van der Waals surface area contributed by atoms with Crippen molar-refractivity contribution in [1.82, 2.24) is 5.32 Å². The summed E-state index contributed by atoms with van der Waals surface area (Å²) in [4.78, 5) is 22.4. The Morgan fingerprint density at radius 2 is 2.19 bits per heavy atom. The summed E-state index contributed by atoms with van der Waals surface area (Å²) >= 11 is 0. The van der Waals surface area contributed by atoms with Crippen LogP contribution in [0.4, 0.5) is 0 Å². The molecule has 1 saturated heterocycles. The van der Waals surface area contributed by atoms with E-state index in [0.717, 1.165) is 0 Å². The van der Waals surface area contributed by atoms with E-state index in [1.165, 1.54) is 6.92 Å². The normalized spacial score (nSPS) is 28.4. The smallest absolute Gasteiger partial charge is 0.328 e. The minimum Gasteiger partial charge on any atom is -0.480 e. The third kappa shape index (κ3) is 2.69. The minimum absolute atomic E-state index is 0.0605. The number of nitrogens with one attached hydrogen (secondary N) is 1. The van der Waals surface area contributed by atoms with Crippen LogP contribution in [0.25, 0.3) is 0 Å². The van der Waals surface area contributed by atoms with Crippen molar-refractivity contribution in [3.8, 4) is 0 Å². The Balaban J connectivity index is 2.65. The maximum atomic E-state index is 11.7. The van der Waals surface area contributed by atoms with Gasteiger partial charge in [0.05, 0.1) is 12.7 Å². The second kappa shape index (κ2) is 4.77. The molecule has 0 aromatic rings. The summed E-state index contributed by atoms with van der Waals surface area (Å²) in [6.45, 7) is 1.72. The Morgan fingerprint density at radius 3 is 2.56 bits per heavy atom. The highest BCUT2D eigenvalue weighted by Gasteiger charge is 2.40. The van der Waals surface area contributed by atoms with Crippen molar-refractivity contribution in [3.05, 3.63) is 0 Å². The van der Waals surface area contributed by atoms with E-state index in [0.29, 0.717) is 13.0 Å². The molecule has 7 heteroatoms. The lowest BCUT2D eigenvalue weighted by Gasteiger charge is -2.24. The molecule has 5 N–H and O–H groups in total. The Morgan fingerprint density at radius 1 is 1.56 bits per heavy atom. The van der Waals surface area contributed by atoms with Crippen LogP contribution in [0, 0.1) is 0 Å². The summed E-state index contributed by atoms with van der Waals surface area (Å²) in [7, 11) is 0. The van der Waals surface area contributed by atoms with Gasteiger partial charge in [0.15, 0.2) is 6.04 Å². The fourth-order valence-corrected chi connectivity index (χ4v) is 1.43. The van der Waals surface area contributed by atoms with Crippen molar-refractivity contribution in [2.45, 2.75) is 31.0 Å². The summed E-state index contributed by atoms with van der Waals surface area (Å²) in [5.74, 6) is -1.91. The molecule has 0 spiro atoms. The molecule has 0 aromatic heterocycles. The van der Waals surface area contributed by atoms with Crippen molar-refractivity contribution in [1.29, 1.82) is 0 Å². The second-order valence-electron chi connectivity index (χ2n) is 3.99. The van der Waals surface area contributed by atoms with E-state index in [1.807, 2.05) is 0 Å². The molecule has 0 radical (unpaired) electrons. The maximum absolute atomic E-state index is 11.7. The quantitative estimate of drug-likeness (QED) is 0.447. The Kier molecular flexibility index (Phi) is 3.84. The fraction of sp³-hybridized carbons (Fsp3) is 0.778. The van der Waals surface area contributed by atoms with Gasteiger partial charge in [0, 0.05) is 6.61 Å². The molecule has 1 aliphatic rings. The van der Waals surface area contributed by atoms with Gasteiger partial charge in [0.2, 0.25) is 5.91 Å².